The average Bonchev–Trinajstić information content (AvgIpc) is 2.51. The number of hydrogen-bond acceptors (Lipinski definition) is 5. The molecule has 2 N–H and O–H groups in total. The van der Waals surface area contributed by atoms with Crippen LogP contribution in [0.5, 0.6) is 0 Å². The molecule has 1 aromatic carbocycles. The van der Waals surface area contributed by atoms with Gasteiger partial charge < -0.3 is 10.6 Å². The van der Waals surface area contributed by atoms with Crippen LogP contribution in [0.3, 0.4) is 0 Å². The molecule has 1 aliphatic heterocycles. The maximum absolute atomic E-state index is 12.0. The van der Waals surface area contributed by atoms with Gasteiger partial charge in [0.2, 0.25) is 5.91 Å². The van der Waals surface area contributed by atoms with Gasteiger partial charge in [-0.2, -0.15) is 0 Å². The number of hydrogen-bond donors (Lipinski definition) is 2. The Bertz CT molecular complexity index is 551. The van der Waals surface area contributed by atoms with Gasteiger partial charge in [0.1, 0.15) is 0 Å². The number of nitrogens with one attached hydrogen (secondary N) is 2. The third-order valence-electron chi connectivity index (χ3n) is 4.17. The SMILES string of the molecule is C[C@@H]1C[C@H](C)CN(CC(=O)NCCNc2ccc([N+](=O)[O-])cc2)C1. The van der Waals surface area contributed by atoms with Crippen LogP contribution in [0.25, 0.3) is 0 Å². The molecular formula is C17H26N4O3. The number of nitro benzene ring substituents is 1. The summed E-state index contributed by atoms with van der Waals surface area (Å²) in [6.45, 7) is 7.98. The normalized spacial score (nSPS) is 21.2. The monoisotopic (exact) mass is 334 g/mol. The Morgan fingerprint density at radius 3 is 2.42 bits per heavy atom. The van der Waals surface area contributed by atoms with Crippen molar-refractivity contribution in [3.63, 3.8) is 0 Å². The number of piperidine rings is 1. The molecule has 1 amide bonds. The zero-order valence-electron chi connectivity index (χ0n) is 14.3. The van der Waals surface area contributed by atoms with Crippen LogP contribution in [0.4, 0.5) is 11.4 Å². The van der Waals surface area contributed by atoms with Crippen molar-refractivity contribution in [2.24, 2.45) is 11.8 Å². The van der Waals surface area contributed by atoms with Crippen LogP contribution in [-0.4, -0.2) is 48.5 Å². The summed E-state index contributed by atoms with van der Waals surface area (Å²) in [6.07, 6.45) is 1.23. The molecule has 7 heteroatoms. The van der Waals surface area contributed by atoms with Crippen molar-refractivity contribution in [2.75, 3.05) is 38.0 Å². The molecule has 7 nitrogen and oxygen atoms in total. The minimum Gasteiger partial charge on any atom is -0.383 e. The predicted molar refractivity (Wildman–Crippen MR) is 94.0 cm³/mol. The molecule has 1 aliphatic rings. The minimum absolute atomic E-state index is 0.0433. The van der Waals surface area contributed by atoms with E-state index in [9.17, 15) is 14.9 Å². The molecule has 0 radical (unpaired) electrons. The van der Waals surface area contributed by atoms with Gasteiger partial charge in [-0.3, -0.25) is 19.8 Å². The first-order valence-electron chi connectivity index (χ1n) is 8.41. The second kappa shape index (κ2) is 8.63. The van der Waals surface area contributed by atoms with Crippen LogP contribution in [0, 0.1) is 22.0 Å². The van der Waals surface area contributed by atoms with Crippen molar-refractivity contribution in [3.8, 4) is 0 Å². The van der Waals surface area contributed by atoms with Gasteiger partial charge in [0, 0.05) is 44.0 Å². The lowest BCUT2D eigenvalue weighted by molar-refractivity contribution is -0.384. The Labute approximate surface area is 142 Å². The van der Waals surface area contributed by atoms with E-state index in [1.54, 1.807) is 12.1 Å². The molecule has 132 valence electrons. The summed E-state index contributed by atoms with van der Waals surface area (Å²) >= 11 is 0. The van der Waals surface area contributed by atoms with Gasteiger partial charge in [-0.25, -0.2) is 0 Å². The number of carbonyl (C=O) groups excluding carboxylic acids is 1. The van der Waals surface area contributed by atoms with Crippen LogP contribution >= 0.6 is 0 Å². The maximum Gasteiger partial charge on any atom is 0.269 e. The van der Waals surface area contributed by atoms with E-state index in [1.165, 1.54) is 18.6 Å². The summed E-state index contributed by atoms with van der Waals surface area (Å²) in [6, 6.07) is 6.24. The van der Waals surface area contributed by atoms with Crippen LogP contribution < -0.4 is 10.6 Å². The number of anilines is 1. The Kier molecular flexibility index (Phi) is 6.54. The summed E-state index contributed by atoms with van der Waals surface area (Å²) < 4.78 is 0. The number of benzene rings is 1. The van der Waals surface area contributed by atoms with Gasteiger partial charge in [0.15, 0.2) is 0 Å². The van der Waals surface area contributed by atoms with Gasteiger partial charge in [0.05, 0.1) is 11.5 Å². The Balaban J connectivity index is 1.64. The van der Waals surface area contributed by atoms with E-state index in [0.717, 1.165) is 18.8 Å². The first-order valence-corrected chi connectivity index (χ1v) is 8.41. The first kappa shape index (κ1) is 18.2. The van der Waals surface area contributed by atoms with Gasteiger partial charge in [-0.05, 0) is 30.4 Å². The number of amides is 1. The summed E-state index contributed by atoms with van der Waals surface area (Å²) in [4.78, 5) is 24.4. The van der Waals surface area contributed by atoms with E-state index in [-0.39, 0.29) is 11.6 Å². The Morgan fingerprint density at radius 1 is 1.21 bits per heavy atom. The number of nitrogens with zero attached hydrogens (tertiary/aromatic N) is 2. The molecule has 0 bridgehead atoms. The fourth-order valence-electron chi connectivity index (χ4n) is 3.29. The summed E-state index contributed by atoms with van der Waals surface area (Å²) in [5.41, 5.74) is 0.868. The highest BCUT2D eigenvalue weighted by Crippen LogP contribution is 2.20. The molecule has 0 aliphatic carbocycles. The highest BCUT2D eigenvalue weighted by Gasteiger charge is 2.22. The third-order valence-corrected chi connectivity index (χ3v) is 4.17. The van der Waals surface area contributed by atoms with Gasteiger partial charge in [-0.15, -0.1) is 0 Å². The number of nitro groups is 1. The molecule has 0 aromatic heterocycles. The van der Waals surface area contributed by atoms with Crippen molar-refractivity contribution < 1.29 is 9.72 Å². The molecule has 0 unspecified atom stereocenters. The van der Waals surface area contributed by atoms with Crippen LogP contribution in [0.2, 0.25) is 0 Å². The minimum atomic E-state index is -0.424. The topological polar surface area (TPSA) is 87.5 Å². The maximum atomic E-state index is 12.0. The molecule has 2 rings (SSSR count). The smallest absolute Gasteiger partial charge is 0.269 e. The number of non-ortho nitro benzene ring substituents is 1. The second-order valence-electron chi connectivity index (χ2n) is 6.72. The predicted octanol–water partition coefficient (Wildman–Crippen LogP) is 2.10. The van der Waals surface area contributed by atoms with Crippen molar-refractivity contribution in [1.29, 1.82) is 0 Å². The number of rotatable bonds is 7. The lowest BCUT2D eigenvalue weighted by atomic mass is 9.92. The van der Waals surface area contributed by atoms with Crippen LogP contribution in [0.1, 0.15) is 20.3 Å². The van der Waals surface area contributed by atoms with Gasteiger partial charge in [-0.1, -0.05) is 13.8 Å². The molecule has 0 saturated carbocycles. The Hall–Kier alpha value is -2.15. The second-order valence-corrected chi connectivity index (χ2v) is 6.72. The summed E-state index contributed by atoms with van der Waals surface area (Å²) in [5.74, 6) is 1.33. The lowest BCUT2D eigenvalue weighted by Gasteiger charge is -2.34. The molecule has 2 atom stereocenters. The molecule has 0 spiro atoms. The van der Waals surface area contributed by atoms with E-state index in [4.69, 9.17) is 0 Å². The standard InChI is InChI=1S/C17H26N4O3/c1-13-9-14(2)11-20(10-13)12-17(22)19-8-7-18-15-3-5-16(6-4-15)21(23)24/h3-6,13-14,18H,7-12H2,1-2H3,(H,19,22)/t13-,14+. The first-order chi connectivity index (χ1) is 11.4. The fourth-order valence-corrected chi connectivity index (χ4v) is 3.29. The molecular weight excluding hydrogens is 308 g/mol. The van der Waals surface area contributed by atoms with Crippen LogP contribution in [-0.2, 0) is 4.79 Å². The lowest BCUT2D eigenvalue weighted by Crippen LogP contribution is -2.45. The quantitative estimate of drug-likeness (QED) is 0.453. The number of carbonyl (C=O) groups is 1. The van der Waals surface area contributed by atoms with E-state index in [0.29, 0.717) is 31.5 Å². The van der Waals surface area contributed by atoms with Crippen molar-refractivity contribution in [3.05, 3.63) is 34.4 Å². The van der Waals surface area contributed by atoms with Gasteiger partial charge in [0.25, 0.3) is 5.69 Å². The zero-order valence-corrected chi connectivity index (χ0v) is 14.3. The molecule has 1 fully saturated rings. The average molecular weight is 334 g/mol. The van der Waals surface area contributed by atoms with E-state index >= 15 is 0 Å². The molecule has 1 heterocycles. The van der Waals surface area contributed by atoms with Crippen LogP contribution in [0.15, 0.2) is 24.3 Å². The molecule has 1 saturated heterocycles. The highest BCUT2D eigenvalue weighted by molar-refractivity contribution is 5.78. The summed E-state index contributed by atoms with van der Waals surface area (Å²) in [5, 5.41) is 16.6. The third kappa shape index (κ3) is 5.81. The zero-order chi connectivity index (χ0) is 17.5. The highest BCUT2D eigenvalue weighted by atomic mass is 16.6. The summed E-state index contributed by atoms with van der Waals surface area (Å²) in [7, 11) is 0. The van der Waals surface area contributed by atoms with Crippen molar-refractivity contribution in [1.82, 2.24) is 10.2 Å². The van der Waals surface area contributed by atoms with Crippen molar-refractivity contribution >= 4 is 17.3 Å². The largest absolute Gasteiger partial charge is 0.383 e. The molecule has 24 heavy (non-hydrogen) atoms. The molecule has 1 aromatic rings. The number of likely N-dealkylation sites (tertiary alicyclic amines) is 1. The van der Waals surface area contributed by atoms with Crippen molar-refractivity contribution in [2.45, 2.75) is 20.3 Å². The van der Waals surface area contributed by atoms with Gasteiger partial charge >= 0.3 is 0 Å². The van der Waals surface area contributed by atoms with E-state index in [2.05, 4.69) is 29.4 Å². The van der Waals surface area contributed by atoms with E-state index in [1.807, 2.05) is 0 Å². The fraction of sp³-hybridized carbons (Fsp3) is 0.588. The Morgan fingerprint density at radius 2 is 1.83 bits per heavy atom. The van der Waals surface area contributed by atoms with E-state index < -0.39 is 4.92 Å².